The first kappa shape index (κ1) is 16.8. The molecule has 2 heterocycles. The molecule has 1 atom stereocenters. The third-order valence-corrected chi connectivity index (χ3v) is 3.60. The van der Waals surface area contributed by atoms with Gasteiger partial charge >= 0.3 is 0 Å². The molecule has 0 radical (unpaired) electrons. The van der Waals surface area contributed by atoms with Gasteiger partial charge in [0.15, 0.2) is 0 Å². The summed E-state index contributed by atoms with van der Waals surface area (Å²) < 4.78 is 11.3. The second kappa shape index (κ2) is 8.15. The normalized spacial score (nSPS) is 19.1. The van der Waals surface area contributed by atoms with Crippen molar-refractivity contribution in [3.8, 4) is 5.75 Å². The largest absolute Gasteiger partial charge is 0.489 e. The number of aromatic nitrogens is 1. The molecule has 22 heavy (non-hydrogen) atoms. The zero-order valence-corrected chi connectivity index (χ0v) is 13.7. The van der Waals surface area contributed by atoms with Crippen LogP contribution in [0, 0.1) is 0 Å². The van der Waals surface area contributed by atoms with Crippen LogP contribution in [0.2, 0.25) is 5.02 Å². The van der Waals surface area contributed by atoms with E-state index in [0.717, 1.165) is 12.0 Å². The summed E-state index contributed by atoms with van der Waals surface area (Å²) in [6, 6.07) is 1.70. The summed E-state index contributed by atoms with van der Waals surface area (Å²) in [6.07, 6.45) is 5.81. The topological polar surface area (TPSA) is 51.7 Å². The van der Waals surface area contributed by atoms with Gasteiger partial charge in [-0.3, -0.25) is 9.78 Å². The molecule has 0 aromatic carbocycles. The Balaban J connectivity index is 1.88. The van der Waals surface area contributed by atoms with E-state index in [0.29, 0.717) is 37.1 Å². The average molecular weight is 325 g/mol. The molecule has 5 nitrogen and oxygen atoms in total. The maximum atomic E-state index is 12.3. The van der Waals surface area contributed by atoms with Crippen LogP contribution in [-0.4, -0.2) is 48.2 Å². The van der Waals surface area contributed by atoms with E-state index < -0.39 is 0 Å². The van der Waals surface area contributed by atoms with Gasteiger partial charge in [0, 0.05) is 24.4 Å². The van der Waals surface area contributed by atoms with Gasteiger partial charge in [0.1, 0.15) is 18.5 Å². The molecule has 6 heteroatoms. The summed E-state index contributed by atoms with van der Waals surface area (Å²) in [7, 11) is 0. The van der Waals surface area contributed by atoms with Crippen LogP contribution in [0.25, 0.3) is 0 Å². The molecule has 0 spiro atoms. The van der Waals surface area contributed by atoms with Crippen LogP contribution < -0.4 is 4.74 Å². The number of carbonyl (C=O) groups excluding carboxylic acids is 1. The molecule has 0 saturated carbocycles. The standard InChI is InChI=1S/C16H21ClN2O3/c1-3-4-12(2)16(20)19-5-6-21-15(10-19)11-22-14-7-13(17)8-18-9-14/h4,7-9,15H,3,5-6,10-11H2,1-2H3. The Hall–Kier alpha value is -1.59. The number of rotatable bonds is 5. The Morgan fingerprint density at radius 1 is 1.59 bits per heavy atom. The van der Waals surface area contributed by atoms with Gasteiger partial charge < -0.3 is 14.4 Å². The number of pyridine rings is 1. The van der Waals surface area contributed by atoms with Crippen molar-refractivity contribution in [3.63, 3.8) is 0 Å². The van der Waals surface area contributed by atoms with Crippen molar-refractivity contribution in [2.45, 2.75) is 26.4 Å². The Labute approximate surface area is 135 Å². The molecular formula is C16H21ClN2O3. The Morgan fingerprint density at radius 3 is 3.14 bits per heavy atom. The lowest BCUT2D eigenvalue weighted by atomic mass is 10.2. The van der Waals surface area contributed by atoms with Crippen LogP contribution in [0.4, 0.5) is 0 Å². The first-order valence-corrected chi connectivity index (χ1v) is 7.79. The van der Waals surface area contributed by atoms with Crippen LogP contribution in [0.3, 0.4) is 0 Å². The summed E-state index contributed by atoms with van der Waals surface area (Å²) in [5.41, 5.74) is 0.781. The van der Waals surface area contributed by atoms with Crippen molar-refractivity contribution in [3.05, 3.63) is 35.1 Å². The van der Waals surface area contributed by atoms with Crippen LogP contribution in [0.5, 0.6) is 5.75 Å². The first-order valence-electron chi connectivity index (χ1n) is 7.41. The van der Waals surface area contributed by atoms with Gasteiger partial charge in [0.2, 0.25) is 5.91 Å². The zero-order valence-electron chi connectivity index (χ0n) is 12.9. The van der Waals surface area contributed by atoms with Gasteiger partial charge in [-0.2, -0.15) is 0 Å². The predicted molar refractivity (Wildman–Crippen MR) is 85.1 cm³/mol. The van der Waals surface area contributed by atoms with Crippen molar-refractivity contribution < 1.29 is 14.3 Å². The van der Waals surface area contributed by atoms with E-state index in [2.05, 4.69) is 4.98 Å². The van der Waals surface area contributed by atoms with Crippen molar-refractivity contribution in [1.82, 2.24) is 9.88 Å². The van der Waals surface area contributed by atoms with E-state index in [9.17, 15) is 4.79 Å². The number of nitrogens with zero attached hydrogens (tertiary/aromatic N) is 2. The number of amides is 1. The Bertz CT molecular complexity index is 548. The summed E-state index contributed by atoms with van der Waals surface area (Å²) in [5.74, 6) is 0.668. The molecule has 0 N–H and O–H groups in total. The lowest BCUT2D eigenvalue weighted by molar-refractivity contribution is -0.135. The van der Waals surface area contributed by atoms with Crippen molar-refractivity contribution in [2.75, 3.05) is 26.3 Å². The number of hydrogen-bond acceptors (Lipinski definition) is 4. The number of ether oxygens (including phenoxy) is 2. The predicted octanol–water partition coefficient (Wildman–Crippen LogP) is 2.70. The van der Waals surface area contributed by atoms with Crippen molar-refractivity contribution in [2.24, 2.45) is 0 Å². The summed E-state index contributed by atoms with van der Waals surface area (Å²) >= 11 is 5.86. The molecule has 1 aliphatic heterocycles. The minimum absolute atomic E-state index is 0.0690. The average Bonchev–Trinajstić information content (AvgIpc) is 2.53. The van der Waals surface area contributed by atoms with E-state index >= 15 is 0 Å². The molecule has 1 saturated heterocycles. The lowest BCUT2D eigenvalue weighted by Crippen LogP contribution is -2.47. The second-order valence-electron chi connectivity index (χ2n) is 5.19. The van der Waals surface area contributed by atoms with Gasteiger partial charge in [-0.05, 0) is 13.3 Å². The van der Waals surface area contributed by atoms with E-state index in [4.69, 9.17) is 21.1 Å². The number of hydrogen-bond donors (Lipinski definition) is 0. The SMILES string of the molecule is CCC=C(C)C(=O)N1CCOC(COc2cncc(Cl)c2)C1. The number of allylic oxidation sites excluding steroid dienone is 1. The molecule has 1 unspecified atom stereocenters. The molecule has 1 fully saturated rings. The molecule has 0 bridgehead atoms. The molecule has 1 amide bonds. The van der Waals surface area contributed by atoms with Gasteiger partial charge in [0.05, 0.1) is 24.4 Å². The summed E-state index contributed by atoms with van der Waals surface area (Å²) in [4.78, 5) is 18.1. The monoisotopic (exact) mass is 324 g/mol. The number of carbonyl (C=O) groups is 1. The number of morpholine rings is 1. The Morgan fingerprint density at radius 2 is 2.41 bits per heavy atom. The highest BCUT2D eigenvalue weighted by molar-refractivity contribution is 6.30. The fourth-order valence-corrected chi connectivity index (χ4v) is 2.47. The maximum Gasteiger partial charge on any atom is 0.249 e. The fourth-order valence-electron chi connectivity index (χ4n) is 2.31. The molecule has 0 aliphatic carbocycles. The highest BCUT2D eigenvalue weighted by Gasteiger charge is 2.25. The van der Waals surface area contributed by atoms with E-state index in [1.165, 1.54) is 0 Å². The van der Waals surface area contributed by atoms with Gasteiger partial charge in [-0.15, -0.1) is 0 Å². The first-order chi connectivity index (χ1) is 10.6. The zero-order chi connectivity index (χ0) is 15.9. The minimum Gasteiger partial charge on any atom is -0.489 e. The quantitative estimate of drug-likeness (QED) is 0.781. The van der Waals surface area contributed by atoms with Crippen LogP contribution >= 0.6 is 11.6 Å². The smallest absolute Gasteiger partial charge is 0.249 e. The minimum atomic E-state index is -0.147. The van der Waals surface area contributed by atoms with Gasteiger partial charge in [0.25, 0.3) is 0 Å². The molecular weight excluding hydrogens is 304 g/mol. The molecule has 1 aromatic rings. The van der Waals surface area contributed by atoms with Crippen molar-refractivity contribution >= 4 is 17.5 Å². The highest BCUT2D eigenvalue weighted by atomic mass is 35.5. The second-order valence-corrected chi connectivity index (χ2v) is 5.63. The summed E-state index contributed by atoms with van der Waals surface area (Å²) in [5, 5.41) is 0.527. The lowest BCUT2D eigenvalue weighted by Gasteiger charge is -2.33. The number of halogens is 1. The van der Waals surface area contributed by atoms with Crippen molar-refractivity contribution in [1.29, 1.82) is 0 Å². The molecule has 1 aromatic heterocycles. The van der Waals surface area contributed by atoms with Crippen LogP contribution in [-0.2, 0) is 9.53 Å². The van der Waals surface area contributed by atoms with Crippen LogP contribution in [0.1, 0.15) is 20.3 Å². The van der Waals surface area contributed by atoms with Gasteiger partial charge in [-0.1, -0.05) is 24.6 Å². The molecule has 1 aliphatic rings. The molecule has 120 valence electrons. The van der Waals surface area contributed by atoms with E-state index in [-0.39, 0.29) is 12.0 Å². The molecule has 2 rings (SSSR count). The highest BCUT2D eigenvalue weighted by Crippen LogP contribution is 2.16. The maximum absolute atomic E-state index is 12.3. The fraction of sp³-hybridized carbons (Fsp3) is 0.500. The van der Waals surface area contributed by atoms with Gasteiger partial charge in [-0.25, -0.2) is 0 Å². The van der Waals surface area contributed by atoms with Crippen LogP contribution in [0.15, 0.2) is 30.1 Å². The third-order valence-electron chi connectivity index (χ3n) is 3.39. The Kier molecular flexibility index (Phi) is 6.21. The third kappa shape index (κ3) is 4.71. The van der Waals surface area contributed by atoms with E-state index in [1.54, 1.807) is 18.5 Å². The van der Waals surface area contributed by atoms with E-state index in [1.807, 2.05) is 24.8 Å². The summed E-state index contributed by atoms with van der Waals surface area (Å²) in [6.45, 7) is 5.90.